The minimum absolute atomic E-state index is 0.0640. The van der Waals surface area contributed by atoms with E-state index in [4.69, 9.17) is 0 Å². The molecule has 1 saturated heterocycles. The number of hydrogen-bond acceptors (Lipinski definition) is 2. The van der Waals surface area contributed by atoms with E-state index in [1.807, 2.05) is 29.2 Å². The summed E-state index contributed by atoms with van der Waals surface area (Å²) in [5, 5.41) is 5.79. The Hall–Kier alpha value is -2.89. The fourth-order valence-corrected chi connectivity index (χ4v) is 3.08. The normalized spacial score (nSPS) is 13.4. The summed E-state index contributed by atoms with van der Waals surface area (Å²) in [6.45, 7) is 2.00. The largest absolute Gasteiger partial charge is 0.352 e. The van der Waals surface area contributed by atoms with Crippen LogP contribution >= 0.6 is 0 Å². The molecule has 0 radical (unpaired) electrons. The second-order valence-electron chi connectivity index (χ2n) is 6.73. The molecule has 3 rings (SSSR count). The summed E-state index contributed by atoms with van der Waals surface area (Å²) in [7, 11) is 0. The maximum absolute atomic E-state index is 12.9. The topological polar surface area (TPSA) is 61.4 Å². The molecule has 142 valence electrons. The van der Waals surface area contributed by atoms with E-state index < -0.39 is 0 Å². The Labute approximate surface area is 158 Å². The Morgan fingerprint density at radius 3 is 2.48 bits per heavy atom. The van der Waals surface area contributed by atoms with Gasteiger partial charge in [0.2, 0.25) is 5.91 Å². The van der Waals surface area contributed by atoms with Gasteiger partial charge in [-0.3, -0.25) is 4.79 Å². The van der Waals surface area contributed by atoms with E-state index in [1.54, 1.807) is 12.1 Å². The highest BCUT2D eigenvalue weighted by Gasteiger charge is 2.17. The molecule has 1 heterocycles. The van der Waals surface area contributed by atoms with Crippen molar-refractivity contribution in [1.82, 2.24) is 10.2 Å². The van der Waals surface area contributed by atoms with E-state index in [0.29, 0.717) is 19.4 Å². The van der Waals surface area contributed by atoms with E-state index >= 15 is 0 Å². The van der Waals surface area contributed by atoms with E-state index in [-0.39, 0.29) is 17.8 Å². The number of hydrogen-bond donors (Lipinski definition) is 2. The fourth-order valence-electron chi connectivity index (χ4n) is 3.08. The van der Waals surface area contributed by atoms with Gasteiger partial charge in [-0.15, -0.1) is 0 Å². The third-order valence-corrected chi connectivity index (χ3v) is 4.62. The Balaban J connectivity index is 1.45. The van der Waals surface area contributed by atoms with Crippen molar-refractivity contribution in [3.63, 3.8) is 0 Å². The number of likely N-dealkylation sites (tertiary alicyclic amines) is 1. The van der Waals surface area contributed by atoms with Crippen molar-refractivity contribution in [1.29, 1.82) is 0 Å². The van der Waals surface area contributed by atoms with Gasteiger partial charge < -0.3 is 15.5 Å². The van der Waals surface area contributed by atoms with Crippen LogP contribution in [-0.4, -0.2) is 29.9 Å². The molecule has 0 bridgehead atoms. The van der Waals surface area contributed by atoms with Crippen LogP contribution in [0.5, 0.6) is 0 Å². The van der Waals surface area contributed by atoms with Crippen LogP contribution in [0.4, 0.5) is 14.9 Å². The van der Waals surface area contributed by atoms with Gasteiger partial charge in [0.05, 0.1) is 0 Å². The van der Waals surface area contributed by atoms with Gasteiger partial charge in [0.15, 0.2) is 0 Å². The quantitative estimate of drug-likeness (QED) is 0.816. The van der Waals surface area contributed by atoms with Crippen molar-refractivity contribution in [3.05, 3.63) is 65.5 Å². The van der Waals surface area contributed by atoms with Gasteiger partial charge >= 0.3 is 6.03 Å². The molecule has 1 aliphatic heterocycles. The number of nitrogens with one attached hydrogen (secondary N) is 2. The first-order chi connectivity index (χ1) is 13.1. The second kappa shape index (κ2) is 9.16. The zero-order chi connectivity index (χ0) is 19.1. The molecular formula is C21H24FN3O2. The second-order valence-corrected chi connectivity index (χ2v) is 6.73. The number of halogens is 1. The van der Waals surface area contributed by atoms with Crippen LogP contribution in [0.3, 0.4) is 0 Å². The number of carbonyl (C=O) groups excluding carboxylic acids is 2. The van der Waals surface area contributed by atoms with Crippen LogP contribution in [0.15, 0.2) is 48.5 Å². The maximum Gasteiger partial charge on any atom is 0.321 e. The molecule has 6 heteroatoms. The molecule has 27 heavy (non-hydrogen) atoms. The summed E-state index contributed by atoms with van der Waals surface area (Å²) in [5.74, 6) is -0.342. The average Bonchev–Trinajstić information content (AvgIpc) is 3.21. The number of rotatable bonds is 6. The molecule has 0 unspecified atom stereocenters. The molecule has 1 aliphatic rings. The van der Waals surface area contributed by atoms with Gasteiger partial charge in [-0.2, -0.15) is 0 Å². The predicted octanol–water partition coefficient (Wildman–Crippen LogP) is 3.70. The highest BCUT2D eigenvalue weighted by molar-refractivity contribution is 5.89. The van der Waals surface area contributed by atoms with E-state index in [0.717, 1.165) is 42.7 Å². The van der Waals surface area contributed by atoms with E-state index in [2.05, 4.69) is 10.6 Å². The summed E-state index contributed by atoms with van der Waals surface area (Å²) in [5.41, 5.74) is 2.58. The maximum atomic E-state index is 12.9. The highest BCUT2D eigenvalue weighted by Crippen LogP contribution is 2.14. The third-order valence-electron chi connectivity index (χ3n) is 4.62. The van der Waals surface area contributed by atoms with Crippen LogP contribution < -0.4 is 10.6 Å². The van der Waals surface area contributed by atoms with Crippen molar-refractivity contribution >= 4 is 17.6 Å². The molecule has 0 aromatic heterocycles. The van der Waals surface area contributed by atoms with Crippen LogP contribution in [-0.2, 0) is 17.8 Å². The summed E-state index contributed by atoms with van der Waals surface area (Å²) in [4.78, 5) is 26.0. The monoisotopic (exact) mass is 369 g/mol. The summed E-state index contributed by atoms with van der Waals surface area (Å²) in [6, 6.07) is 13.6. The number of nitrogens with zero attached hydrogens (tertiary/aromatic N) is 1. The molecule has 0 spiro atoms. The fraction of sp³-hybridized carbons (Fsp3) is 0.333. The Bertz CT molecular complexity index is 786. The molecule has 0 atom stereocenters. The Morgan fingerprint density at radius 2 is 1.74 bits per heavy atom. The predicted molar refractivity (Wildman–Crippen MR) is 103 cm³/mol. The average molecular weight is 369 g/mol. The lowest BCUT2D eigenvalue weighted by atomic mass is 10.1. The van der Waals surface area contributed by atoms with Crippen LogP contribution in [0.2, 0.25) is 0 Å². The molecule has 5 nitrogen and oxygen atoms in total. The van der Waals surface area contributed by atoms with Crippen molar-refractivity contribution in [2.45, 2.75) is 32.2 Å². The molecular weight excluding hydrogens is 345 g/mol. The molecule has 2 aromatic carbocycles. The first kappa shape index (κ1) is 18.9. The lowest BCUT2D eigenvalue weighted by Crippen LogP contribution is -2.32. The van der Waals surface area contributed by atoms with Gasteiger partial charge in [0.1, 0.15) is 5.82 Å². The van der Waals surface area contributed by atoms with Gasteiger partial charge in [0, 0.05) is 31.7 Å². The molecule has 2 N–H and O–H groups in total. The summed E-state index contributed by atoms with van der Waals surface area (Å²) >= 11 is 0. The minimum Gasteiger partial charge on any atom is -0.352 e. The molecule has 0 aliphatic carbocycles. The zero-order valence-corrected chi connectivity index (χ0v) is 15.2. The number of aryl methyl sites for hydroxylation is 1. The van der Waals surface area contributed by atoms with Crippen molar-refractivity contribution in [2.24, 2.45) is 0 Å². The highest BCUT2D eigenvalue weighted by atomic mass is 19.1. The smallest absolute Gasteiger partial charge is 0.321 e. The Kier molecular flexibility index (Phi) is 6.41. The van der Waals surface area contributed by atoms with Gasteiger partial charge in [-0.25, -0.2) is 9.18 Å². The zero-order valence-electron chi connectivity index (χ0n) is 15.2. The molecule has 0 saturated carbocycles. The SMILES string of the molecule is O=C(CCc1ccc(F)cc1)NCc1cccc(NC(=O)N2CCCC2)c1. The van der Waals surface area contributed by atoms with Gasteiger partial charge in [-0.1, -0.05) is 24.3 Å². The van der Waals surface area contributed by atoms with Gasteiger partial charge in [-0.05, 0) is 54.7 Å². The Morgan fingerprint density at radius 1 is 1.00 bits per heavy atom. The van der Waals surface area contributed by atoms with Crippen LogP contribution in [0, 0.1) is 5.82 Å². The number of anilines is 1. The van der Waals surface area contributed by atoms with E-state index in [9.17, 15) is 14.0 Å². The van der Waals surface area contributed by atoms with Crippen molar-refractivity contribution in [3.8, 4) is 0 Å². The van der Waals surface area contributed by atoms with Crippen LogP contribution in [0.25, 0.3) is 0 Å². The lowest BCUT2D eigenvalue weighted by Gasteiger charge is -2.16. The van der Waals surface area contributed by atoms with Crippen molar-refractivity contribution < 1.29 is 14.0 Å². The number of carbonyl (C=O) groups is 2. The summed E-state index contributed by atoms with van der Waals surface area (Å²) in [6.07, 6.45) is 3.02. The standard InChI is InChI=1S/C21H24FN3O2/c22-18-9-6-16(7-10-18)8-11-20(26)23-15-17-4-3-5-19(14-17)24-21(27)25-12-1-2-13-25/h3-7,9-10,14H,1-2,8,11-13,15H2,(H,23,26)(H,24,27). The number of benzene rings is 2. The number of urea groups is 1. The van der Waals surface area contributed by atoms with Crippen molar-refractivity contribution in [2.75, 3.05) is 18.4 Å². The minimum atomic E-state index is -0.278. The van der Waals surface area contributed by atoms with Gasteiger partial charge in [0.25, 0.3) is 0 Å². The molecule has 3 amide bonds. The molecule has 1 fully saturated rings. The third kappa shape index (κ3) is 5.81. The summed E-state index contributed by atoms with van der Waals surface area (Å²) < 4.78 is 12.9. The molecule has 2 aromatic rings. The first-order valence-corrected chi connectivity index (χ1v) is 9.26. The van der Waals surface area contributed by atoms with E-state index in [1.165, 1.54) is 12.1 Å². The lowest BCUT2D eigenvalue weighted by molar-refractivity contribution is -0.121. The number of amides is 3. The van der Waals surface area contributed by atoms with Crippen LogP contribution in [0.1, 0.15) is 30.4 Å². The first-order valence-electron chi connectivity index (χ1n) is 9.26.